The van der Waals surface area contributed by atoms with Crippen LogP contribution in [-0.4, -0.2) is 17.6 Å². The molecule has 0 saturated carbocycles. The number of thioether (sulfide) groups is 1. The highest BCUT2D eigenvalue weighted by atomic mass is 35.5. The van der Waals surface area contributed by atoms with Crippen LogP contribution in [0.1, 0.15) is 24.0 Å². The zero-order valence-electron chi connectivity index (χ0n) is 20.9. The van der Waals surface area contributed by atoms with Crippen molar-refractivity contribution in [3.05, 3.63) is 116 Å². The Bertz CT molecular complexity index is 1550. The summed E-state index contributed by atoms with van der Waals surface area (Å²) < 4.78 is 15.1. The Morgan fingerprint density at radius 1 is 1.03 bits per heavy atom. The van der Waals surface area contributed by atoms with Gasteiger partial charge in [-0.2, -0.15) is 5.26 Å². The van der Waals surface area contributed by atoms with Gasteiger partial charge in [-0.15, -0.1) is 0 Å². The number of hydrogen-bond acceptors (Lipinski definition) is 5. The minimum Gasteiger partial charge on any atom is -0.353 e. The maximum absolute atomic E-state index is 15.1. The molecule has 0 spiro atoms. The van der Waals surface area contributed by atoms with Crippen molar-refractivity contribution in [2.75, 3.05) is 16.4 Å². The largest absolute Gasteiger partial charge is 0.353 e. The first-order chi connectivity index (χ1) is 18.7. The third kappa shape index (κ3) is 6.45. The highest BCUT2D eigenvalue weighted by Gasteiger charge is 2.36. The predicted molar refractivity (Wildman–Crippen MR) is 155 cm³/mol. The van der Waals surface area contributed by atoms with E-state index in [9.17, 15) is 14.9 Å². The molecular formula is C29H23Cl2FN4O2S. The molecular weight excluding hydrogens is 558 g/mol. The van der Waals surface area contributed by atoms with Crippen LogP contribution in [-0.2, 0) is 9.59 Å². The molecule has 198 valence electrons. The molecule has 0 radical (unpaired) electrons. The zero-order valence-corrected chi connectivity index (χ0v) is 23.3. The van der Waals surface area contributed by atoms with Gasteiger partial charge in [0, 0.05) is 38.3 Å². The molecule has 0 bridgehead atoms. The molecule has 3 aromatic carbocycles. The third-order valence-electron chi connectivity index (χ3n) is 6.10. The summed E-state index contributed by atoms with van der Waals surface area (Å²) >= 11 is 13.2. The van der Waals surface area contributed by atoms with Gasteiger partial charge in [0.2, 0.25) is 5.91 Å². The maximum Gasteiger partial charge on any atom is 0.254 e. The Kier molecular flexibility index (Phi) is 8.97. The molecule has 4 rings (SSSR count). The van der Waals surface area contributed by atoms with Crippen molar-refractivity contribution in [3.63, 3.8) is 0 Å². The average molecular weight is 582 g/mol. The van der Waals surface area contributed by atoms with Gasteiger partial charge >= 0.3 is 0 Å². The Morgan fingerprint density at radius 2 is 1.74 bits per heavy atom. The SMILES string of the molecule is CC1=C(C(=O)Nc2ccc(Cl)cc2)[C@@H](c2ccccc2F)C(C#N)=C(SCC(=O)Nc2cccc(Cl)c2C)N1. The fraction of sp³-hybridized carbons (Fsp3) is 0.138. The topological polar surface area (TPSA) is 94.0 Å². The Hall–Kier alpha value is -3.77. The van der Waals surface area contributed by atoms with Gasteiger partial charge in [0.15, 0.2) is 0 Å². The van der Waals surface area contributed by atoms with Crippen LogP contribution in [0.2, 0.25) is 10.0 Å². The van der Waals surface area contributed by atoms with Gasteiger partial charge in [-0.3, -0.25) is 9.59 Å². The Morgan fingerprint density at radius 3 is 2.44 bits per heavy atom. The highest BCUT2D eigenvalue weighted by molar-refractivity contribution is 8.03. The van der Waals surface area contributed by atoms with E-state index in [1.54, 1.807) is 68.4 Å². The lowest BCUT2D eigenvalue weighted by Crippen LogP contribution is -2.31. The van der Waals surface area contributed by atoms with Crippen molar-refractivity contribution in [2.45, 2.75) is 19.8 Å². The lowest BCUT2D eigenvalue weighted by Gasteiger charge is -2.30. The fourth-order valence-electron chi connectivity index (χ4n) is 4.15. The summed E-state index contributed by atoms with van der Waals surface area (Å²) in [5, 5.41) is 20.3. The van der Waals surface area contributed by atoms with Crippen LogP contribution >= 0.6 is 35.0 Å². The van der Waals surface area contributed by atoms with Crippen molar-refractivity contribution < 1.29 is 14.0 Å². The van der Waals surface area contributed by atoms with Gasteiger partial charge in [0.1, 0.15) is 5.82 Å². The van der Waals surface area contributed by atoms with Gasteiger partial charge in [0.25, 0.3) is 5.91 Å². The molecule has 10 heteroatoms. The van der Waals surface area contributed by atoms with Crippen LogP contribution in [0.25, 0.3) is 0 Å². The Balaban J connectivity index is 1.64. The van der Waals surface area contributed by atoms with E-state index in [0.29, 0.717) is 32.1 Å². The molecule has 0 unspecified atom stereocenters. The van der Waals surface area contributed by atoms with Crippen molar-refractivity contribution in [1.82, 2.24) is 5.32 Å². The number of nitrogens with one attached hydrogen (secondary N) is 3. The predicted octanol–water partition coefficient (Wildman–Crippen LogP) is 7.15. The van der Waals surface area contributed by atoms with Crippen LogP contribution in [0.3, 0.4) is 0 Å². The van der Waals surface area contributed by atoms with E-state index in [4.69, 9.17) is 23.2 Å². The summed E-state index contributed by atoms with van der Waals surface area (Å²) in [4.78, 5) is 26.2. The lowest BCUT2D eigenvalue weighted by molar-refractivity contribution is -0.114. The molecule has 1 atom stereocenters. The van der Waals surface area contributed by atoms with Gasteiger partial charge in [0.05, 0.1) is 28.3 Å². The molecule has 0 aliphatic carbocycles. The minimum atomic E-state index is -0.995. The van der Waals surface area contributed by atoms with E-state index in [-0.39, 0.29) is 28.4 Å². The number of hydrogen-bond donors (Lipinski definition) is 3. The first-order valence-electron chi connectivity index (χ1n) is 11.8. The van der Waals surface area contributed by atoms with Crippen LogP contribution in [0.15, 0.2) is 88.6 Å². The lowest BCUT2D eigenvalue weighted by atomic mass is 9.82. The van der Waals surface area contributed by atoms with E-state index in [2.05, 4.69) is 22.0 Å². The average Bonchev–Trinajstić information content (AvgIpc) is 2.91. The number of rotatable bonds is 7. The number of benzene rings is 3. The van der Waals surface area contributed by atoms with Crippen molar-refractivity contribution in [2.24, 2.45) is 0 Å². The molecule has 2 amide bonds. The second-order valence-corrected chi connectivity index (χ2v) is 10.5. The molecule has 1 aliphatic rings. The summed E-state index contributed by atoms with van der Waals surface area (Å²) in [6.07, 6.45) is 0. The van der Waals surface area contributed by atoms with Crippen LogP contribution in [0, 0.1) is 24.1 Å². The fourth-order valence-corrected chi connectivity index (χ4v) is 5.34. The molecule has 3 aromatic rings. The van der Waals surface area contributed by atoms with Gasteiger partial charge in [-0.1, -0.05) is 59.2 Å². The monoisotopic (exact) mass is 580 g/mol. The van der Waals surface area contributed by atoms with Crippen LogP contribution in [0.4, 0.5) is 15.8 Å². The summed E-state index contributed by atoms with van der Waals surface area (Å²) in [6, 6.07) is 19.9. The number of nitrogens with zero attached hydrogens (tertiary/aromatic N) is 1. The van der Waals surface area contributed by atoms with Gasteiger partial charge in [-0.05, 0) is 61.9 Å². The smallest absolute Gasteiger partial charge is 0.254 e. The van der Waals surface area contributed by atoms with Crippen molar-refractivity contribution in [1.29, 1.82) is 5.26 Å². The highest BCUT2D eigenvalue weighted by Crippen LogP contribution is 2.42. The number of carbonyl (C=O) groups is 2. The third-order valence-corrected chi connectivity index (χ3v) is 7.78. The van der Waals surface area contributed by atoms with Crippen molar-refractivity contribution >= 4 is 58.2 Å². The molecule has 1 heterocycles. The molecule has 1 aliphatic heterocycles. The standard InChI is InChI=1S/C29H23Cl2FN4O2S/c1-16-22(31)7-5-9-24(16)36-25(37)15-39-29-21(14-33)27(20-6-3-4-8-23(20)32)26(17(2)34-29)28(38)35-19-12-10-18(30)11-13-19/h3-13,27,34H,15H2,1-2H3,(H,35,38)(H,36,37)/t27-/m0/s1. The van der Waals surface area contributed by atoms with E-state index < -0.39 is 17.6 Å². The van der Waals surface area contributed by atoms with Crippen molar-refractivity contribution in [3.8, 4) is 6.07 Å². The van der Waals surface area contributed by atoms with Crippen LogP contribution in [0.5, 0.6) is 0 Å². The summed E-state index contributed by atoms with van der Waals surface area (Å²) in [6.45, 7) is 3.47. The van der Waals surface area contributed by atoms with Gasteiger partial charge in [-0.25, -0.2) is 4.39 Å². The Labute approximate surface area is 239 Å². The summed E-state index contributed by atoms with van der Waals surface area (Å²) in [5.74, 6) is -2.40. The van der Waals surface area contributed by atoms with E-state index in [1.807, 2.05) is 0 Å². The molecule has 0 aromatic heterocycles. The summed E-state index contributed by atoms with van der Waals surface area (Å²) in [5.41, 5.74) is 2.74. The molecule has 39 heavy (non-hydrogen) atoms. The quantitative estimate of drug-likeness (QED) is 0.276. The first kappa shape index (κ1) is 28.2. The number of dihydropyridines is 1. The number of halogens is 3. The zero-order chi connectivity index (χ0) is 28.1. The van der Waals surface area contributed by atoms with E-state index in [0.717, 1.165) is 17.3 Å². The van der Waals surface area contributed by atoms with Crippen LogP contribution < -0.4 is 16.0 Å². The molecule has 0 fully saturated rings. The number of amides is 2. The molecule has 3 N–H and O–H groups in total. The maximum atomic E-state index is 15.1. The van der Waals surface area contributed by atoms with Gasteiger partial charge < -0.3 is 16.0 Å². The number of carbonyl (C=O) groups excluding carboxylic acids is 2. The van der Waals surface area contributed by atoms with E-state index in [1.165, 1.54) is 12.1 Å². The molecule has 6 nitrogen and oxygen atoms in total. The van der Waals surface area contributed by atoms with E-state index >= 15 is 4.39 Å². The number of nitriles is 1. The molecule has 0 saturated heterocycles. The first-order valence-corrected chi connectivity index (χ1v) is 13.5. The number of anilines is 2. The second-order valence-electron chi connectivity index (χ2n) is 8.68. The second kappa shape index (κ2) is 12.4. The minimum absolute atomic E-state index is 0.0386. The number of allylic oxidation sites excluding steroid dienone is 2. The summed E-state index contributed by atoms with van der Waals surface area (Å²) in [7, 11) is 0. The normalized spacial score (nSPS) is 14.9.